The molecule has 1 aliphatic heterocycles. The lowest BCUT2D eigenvalue weighted by Gasteiger charge is -2.38. The minimum absolute atomic E-state index is 0.322. The van der Waals surface area contributed by atoms with Crippen LogP contribution in [-0.4, -0.2) is 99.2 Å². The number of ether oxygens (including phenoxy) is 1. The van der Waals surface area contributed by atoms with Gasteiger partial charge >= 0.3 is 0 Å². The quantitative estimate of drug-likeness (QED) is 0.344. The molecule has 0 unspecified atom stereocenters. The number of piperazine rings is 1. The Hall–Kier alpha value is -1.34. The molecule has 28 heavy (non-hydrogen) atoms. The van der Waals surface area contributed by atoms with Crippen molar-refractivity contribution in [1.82, 2.24) is 20.0 Å². The van der Waals surface area contributed by atoms with Crippen LogP contribution in [0.1, 0.15) is 39.0 Å². The van der Waals surface area contributed by atoms with Crippen LogP contribution in [0.4, 0.5) is 0 Å². The van der Waals surface area contributed by atoms with Gasteiger partial charge in [0.1, 0.15) is 0 Å². The SMILES string of the molecule is CCNC(=NCCN1CCN(C(=O)C2CCC2)CC1)N(C)CCOCC1CC1. The van der Waals surface area contributed by atoms with Crippen LogP contribution in [0.25, 0.3) is 0 Å². The molecule has 0 atom stereocenters. The van der Waals surface area contributed by atoms with Crippen LogP contribution in [0.15, 0.2) is 4.99 Å². The number of hydrogen-bond donors (Lipinski definition) is 1. The monoisotopic (exact) mass is 393 g/mol. The van der Waals surface area contributed by atoms with E-state index in [4.69, 9.17) is 9.73 Å². The average molecular weight is 394 g/mol. The molecule has 0 aromatic heterocycles. The van der Waals surface area contributed by atoms with Crippen LogP contribution >= 0.6 is 0 Å². The lowest BCUT2D eigenvalue weighted by Crippen LogP contribution is -2.51. The summed E-state index contributed by atoms with van der Waals surface area (Å²) in [5, 5.41) is 3.38. The summed E-state index contributed by atoms with van der Waals surface area (Å²) in [4.78, 5) is 23.8. The maximum absolute atomic E-state index is 12.3. The number of hydrogen-bond acceptors (Lipinski definition) is 4. The Labute approximate surface area is 170 Å². The summed E-state index contributed by atoms with van der Waals surface area (Å²) in [6, 6.07) is 0. The van der Waals surface area contributed by atoms with E-state index in [1.165, 1.54) is 19.3 Å². The Balaban J connectivity index is 1.33. The zero-order valence-corrected chi connectivity index (χ0v) is 17.9. The van der Waals surface area contributed by atoms with Crippen molar-refractivity contribution in [3.05, 3.63) is 0 Å². The van der Waals surface area contributed by atoms with Gasteiger partial charge in [-0.1, -0.05) is 6.42 Å². The summed E-state index contributed by atoms with van der Waals surface area (Å²) >= 11 is 0. The number of aliphatic imine (C=N–C) groups is 1. The Kier molecular flexibility index (Phi) is 8.40. The van der Waals surface area contributed by atoms with Crippen molar-refractivity contribution in [2.75, 3.05) is 72.6 Å². The Bertz CT molecular complexity index is 511. The molecule has 3 rings (SSSR count). The highest BCUT2D eigenvalue weighted by Crippen LogP contribution is 2.29. The molecule has 1 heterocycles. The van der Waals surface area contributed by atoms with Gasteiger partial charge in [0.2, 0.25) is 5.91 Å². The molecule has 3 aliphatic rings. The van der Waals surface area contributed by atoms with E-state index in [1.54, 1.807) is 0 Å². The molecule has 0 aromatic rings. The first kappa shape index (κ1) is 21.4. The van der Waals surface area contributed by atoms with Crippen molar-refractivity contribution >= 4 is 11.9 Å². The minimum atomic E-state index is 0.322. The molecule has 7 nitrogen and oxygen atoms in total. The van der Waals surface area contributed by atoms with Crippen LogP contribution in [0, 0.1) is 11.8 Å². The van der Waals surface area contributed by atoms with Gasteiger partial charge in [0.15, 0.2) is 5.96 Å². The lowest BCUT2D eigenvalue weighted by atomic mass is 9.84. The second-order valence-corrected chi connectivity index (χ2v) is 8.47. The number of nitrogens with one attached hydrogen (secondary N) is 1. The van der Waals surface area contributed by atoms with Gasteiger partial charge in [0.05, 0.1) is 13.2 Å². The van der Waals surface area contributed by atoms with Gasteiger partial charge in [-0.2, -0.15) is 0 Å². The molecule has 0 aromatic carbocycles. The van der Waals surface area contributed by atoms with Crippen molar-refractivity contribution in [2.45, 2.75) is 39.0 Å². The third-order valence-corrected chi connectivity index (χ3v) is 6.13. The molecule has 2 saturated carbocycles. The fraction of sp³-hybridized carbons (Fsp3) is 0.905. The van der Waals surface area contributed by atoms with Gasteiger partial charge in [-0.25, -0.2) is 0 Å². The van der Waals surface area contributed by atoms with E-state index in [0.29, 0.717) is 11.8 Å². The molecule has 160 valence electrons. The molecular weight excluding hydrogens is 354 g/mol. The second-order valence-electron chi connectivity index (χ2n) is 8.47. The fourth-order valence-electron chi connectivity index (χ4n) is 3.71. The lowest BCUT2D eigenvalue weighted by molar-refractivity contribution is -0.139. The van der Waals surface area contributed by atoms with Crippen molar-refractivity contribution in [1.29, 1.82) is 0 Å². The molecule has 1 saturated heterocycles. The molecule has 3 fully saturated rings. The number of carbonyl (C=O) groups excluding carboxylic acids is 1. The van der Waals surface area contributed by atoms with Crippen LogP contribution in [0.2, 0.25) is 0 Å². The Morgan fingerprint density at radius 2 is 1.93 bits per heavy atom. The molecule has 0 bridgehead atoms. The summed E-state index contributed by atoms with van der Waals surface area (Å²) < 4.78 is 5.75. The highest BCUT2D eigenvalue weighted by atomic mass is 16.5. The zero-order valence-electron chi connectivity index (χ0n) is 17.9. The number of nitrogens with zero attached hydrogens (tertiary/aromatic N) is 4. The van der Waals surface area contributed by atoms with Crippen LogP contribution in [0.5, 0.6) is 0 Å². The van der Waals surface area contributed by atoms with Gasteiger partial charge in [0.25, 0.3) is 0 Å². The van der Waals surface area contributed by atoms with Gasteiger partial charge < -0.3 is 19.9 Å². The summed E-state index contributed by atoms with van der Waals surface area (Å²) in [6.45, 7) is 10.9. The molecular formula is C21H39N5O2. The summed E-state index contributed by atoms with van der Waals surface area (Å²) in [7, 11) is 2.08. The van der Waals surface area contributed by atoms with Crippen molar-refractivity contribution in [3.63, 3.8) is 0 Å². The van der Waals surface area contributed by atoms with E-state index >= 15 is 0 Å². The van der Waals surface area contributed by atoms with E-state index in [-0.39, 0.29) is 0 Å². The maximum atomic E-state index is 12.3. The molecule has 2 aliphatic carbocycles. The summed E-state index contributed by atoms with van der Waals surface area (Å²) in [5.41, 5.74) is 0. The van der Waals surface area contributed by atoms with Crippen molar-refractivity contribution in [2.24, 2.45) is 16.8 Å². The zero-order chi connectivity index (χ0) is 19.8. The number of likely N-dealkylation sites (N-methyl/N-ethyl adjacent to an activating group) is 1. The van der Waals surface area contributed by atoms with Crippen LogP contribution < -0.4 is 5.32 Å². The smallest absolute Gasteiger partial charge is 0.225 e. The molecule has 0 radical (unpaired) electrons. The highest BCUT2D eigenvalue weighted by molar-refractivity contribution is 5.80. The molecule has 1 N–H and O–H groups in total. The van der Waals surface area contributed by atoms with Crippen LogP contribution in [0.3, 0.4) is 0 Å². The third kappa shape index (κ3) is 6.62. The second kappa shape index (κ2) is 11.0. The number of guanidine groups is 1. The summed E-state index contributed by atoms with van der Waals surface area (Å²) in [5.74, 6) is 2.49. The van der Waals surface area contributed by atoms with E-state index in [2.05, 4.69) is 34.0 Å². The first-order valence-corrected chi connectivity index (χ1v) is 11.3. The third-order valence-electron chi connectivity index (χ3n) is 6.13. The van der Waals surface area contributed by atoms with E-state index in [1.807, 2.05) is 0 Å². The predicted octanol–water partition coefficient (Wildman–Crippen LogP) is 1.25. The van der Waals surface area contributed by atoms with Crippen molar-refractivity contribution < 1.29 is 9.53 Å². The van der Waals surface area contributed by atoms with Gasteiger partial charge in [-0.3, -0.25) is 14.7 Å². The largest absolute Gasteiger partial charge is 0.379 e. The molecule has 7 heteroatoms. The fourth-order valence-corrected chi connectivity index (χ4v) is 3.71. The average Bonchev–Trinajstić information content (AvgIpc) is 3.48. The molecule has 1 amide bonds. The van der Waals surface area contributed by atoms with E-state index in [9.17, 15) is 4.79 Å². The Morgan fingerprint density at radius 1 is 1.18 bits per heavy atom. The maximum Gasteiger partial charge on any atom is 0.225 e. The normalized spacial score (nSPS) is 21.5. The first-order valence-electron chi connectivity index (χ1n) is 11.3. The summed E-state index contributed by atoms with van der Waals surface area (Å²) in [6.07, 6.45) is 6.09. The van der Waals surface area contributed by atoms with Gasteiger partial charge in [-0.05, 0) is 38.5 Å². The topological polar surface area (TPSA) is 60.4 Å². The predicted molar refractivity (Wildman–Crippen MR) is 113 cm³/mol. The van der Waals surface area contributed by atoms with E-state index in [0.717, 1.165) is 90.3 Å². The van der Waals surface area contributed by atoms with E-state index < -0.39 is 0 Å². The van der Waals surface area contributed by atoms with Crippen LogP contribution in [-0.2, 0) is 9.53 Å². The first-order chi connectivity index (χ1) is 13.7. The number of rotatable bonds is 10. The minimum Gasteiger partial charge on any atom is -0.379 e. The van der Waals surface area contributed by atoms with Crippen molar-refractivity contribution in [3.8, 4) is 0 Å². The number of carbonyl (C=O) groups is 1. The number of amides is 1. The van der Waals surface area contributed by atoms with Gasteiger partial charge in [0, 0.05) is 65.4 Å². The Morgan fingerprint density at radius 3 is 2.54 bits per heavy atom. The standard InChI is InChI=1S/C21H39N5O2/c1-3-22-21(24(2)15-16-28-17-18-7-8-18)23-9-10-25-11-13-26(14-12-25)20(27)19-5-4-6-19/h18-19H,3-17H2,1-2H3,(H,22,23). The highest BCUT2D eigenvalue weighted by Gasteiger charge is 2.31. The molecule has 0 spiro atoms. The van der Waals surface area contributed by atoms with Gasteiger partial charge in [-0.15, -0.1) is 0 Å².